The maximum absolute atomic E-state index is 10.7. The van der Waals surface area contributed by atoms with E-state index in [-0.39, 0.29) is 11.9 Å². The number of carbonyl (C=O) groups excluding carboxylic acids is 1. The minimum absolute atomic E-state index is 0.166. The molecule has 1 rings (SSSR count). The van der Waals surface area contributed by atoms with Gasteiger partial charge in [0.05, 0.1) is 6.04 Å². The maximum Gasteiger partial charge on any atom is 0.235 e. The third-order valence-electron chi connectivity index (χ3n) is 2.58. The molecule has 1 aliphatic carbocycles. The topological polar surface area (TPSA) is 53.2 Å². The Morgan fingerprint density at radius 2 is 2.12 bits per heavy atom. The lowest BCUT2D eigenvalue weighted by atomic mass is 9.90. The number of carbonyl (C=O) groups is 1. The van der Waals surface area contributed by atoms with Crippen LogP contribution in [0.15, 0.2) is 23.8 Å². The highest BCUT2D eigenvalue weighted by atomic mass is 32.1. The lowest BCUT2D eigenvalue weighted by Crippen LogP contribution is -2.50. The molecule has 3 N–H and O–H groups in total. The zero-order chi connectivity index (χ0) is 12.1. The predicted molar refractivity (Wildman–Crippen MR) is 68.5 cm³/mol. The Kier molecular flexibility index (Phi) is 4.49. The van der Waals surface area contributed by atoms with E-state index in [0.717, 1.165) is 0 Å². The van der Waals surface area contributed by atoms with Crippen LogP contribution in [-0.2, 0) is 4.79 Å². The third kappa shape index (κ3) is 3.66. The number of hydrogen-bond acceptors (Lipinski definition) is 2. The first-order chi connectivity index (χ1) is 7.50. The van der Waals surface area contributed by atoms with Crippen LogP contribution in [-0.4, -0.2) is 17.1 Å². The van der Waals surface area contributed by atoms with Gasteiger partial charge in [-0.25, -0.2) is 0 Å². The van der Waals surface area contributed by atoms with Crippen LogP contribution in [0.5, 0.6) is 0 Å². The minimum atomic E-state index is -0.174. The number of rotatable bonds is 1. The van der Waals surface area contributed by atoms with Gasteiger partial charge >= 0.3 is 0 Å². The molecular formula is C11H17N3OS. The van der Waals surface area contributed by atoms with Gasteiger partial charge in [0.1, 0.15) is 0 Å². The van der Waals surface area contributed by atoms with E-state index in [9.17, 15) is 4.79 Å². The molecule has 0 bridgehead atoms. The zero-order valence-electron chi connectivity index (χ0n) is 9.70. The van der Waals surface area contributed by atoms with E-state index in [0.29, 0.717) is 11.0 Å². The number of allylic oxidation sites excluding steroid dienone is 2. The molecule has 0 heterocycles. The van der Waals surface area contributed by atoms with Crippen molar-refractivity contribution in [2.24, 2.45) is 5.92 Å². The van der Waals surface area contributed by atoms with Crippen molar-refractivity contribution >= 4 is 23.2 Å². The van der Waals surface area contributed by atoms with Gasteiger partial charge < -0.3 is 5.32 Å². The van der Waals surface area contributed by atoms with Crippen LogP contribution >= 0.6 is 12.2 Å². The second-order valence-electron chi connectivity index (χ2n) is 3.89. The van der Waals surface area contributed by atoms with E-state index in [2.05, 4.69) is 42.2 Å². The van der Waals surface area contributed by atoms with E-state index in [1.165, 1.54) is 12.5 Å². The van der Waals surface area contributed by atoms with Crippen LogP contribution in [0.1, 0.15) is 20.8 Å². The molecule has 0 spiro atoms. The summed E-state index contributed by atoms with van der Waals surface area (Å²) in [5.74, 6) is 0.217. The summed E-state index contributed by atoms with van der Waals surface area (Å²) in [6, 6.07) is 0.166. The van der Waals surface area contributed by atoms with Crippen molar-refractivity contribution in [2.75, 3.05) is 0 Å². The fourth-order valence-corrected chi connectivity index (χ4v) is 1.62. The molecule has 0 aromatic heterocycles. The smallest absolute Gasteiger partial charge is 0.235 e. The molecule has 0 fully saturated rings. The van der Waals surface area contributed by atoms with Crippen LogP contribution in [0.3, 0.4) is 0 Å². The molecule has 88 valence electrons. The number of thiocarbonyl (C=S) groups is 1. The standard InChI is InChI=1S/C11H17N3OS/c1-7-5-4-6-10(8(7)2)12-11(16)14-13-9(3)15/h4-6,8,10H,1-3H3,(H,13,15)(H2,12,14,16). The molecule has 5 heteroatoms. The summed E-state index contributed by atoms with van der Waals surface area (Å²) in [6.07, 6.45) is 6.15. The summed E-state index contributed by atoms with van der Waals surface area (Å²) in [7, 11) is 0. The van der Waals surface area contributed by atoms with Crippen molar-refractivity contribution in [1.82, 2.24) is 16.2 Å². The van der Waals surface area contributed by atoms with Gasteiger partial charge in [-0.3, -0.25) is 15.6 Å². The van der Waals surface area contributed by atoms with Crippen LogP contribution in [0.2, 0.25) is 0 Å². The highest BCUT2D eigenvalue weighted by Gasteiger charge is 2.18. The van der Waals surface area contributed by atoms with Crippen LogP contribution in [0.4, 0.5) is 0 Å². The summed E-state index contributed by atoms with van der Waals surface area (Å²) in [4.78, 5) is 10.7. The van der Waals surface area contributed by atoms with Crippen molar-refractivity contribution in [2.45, 2.75) is 26.8 Å². The van der Waals surface area contributed by atoms with Gasteiger partial charge in [-0.15, -0.1) is 0 Å². The molecule has 16 heavy (non-hydrogen) atoms. The SMILES string of the molecule is CC(=O)NNC(=S)NC1C=CC=C(C)C1C. The van der Waals surface area contributed by atoms with Gasteiger partial charge in [-0.1, -0.05) is 30.7 Å². The molecule has 4 nitrogen and oxygen atoms in total. The van der Waals surface area contributed by atoms with Gasteiger partial charge in [0.25, 0.3) is 0 Å². The fraction of sp³-hybridized carbons (Fsp3) is 0.455. The first kappa shape index (κ1) is 12.7. The Morgan fingerprint density at radius 1 is 1.44 bits per heavy atom. The van der Waals surface area contributed by atoms with Crippen LogP contribution in [0, 0.1) is 5.92 Å². The lowest BCUT2D eigenvalue weighted by molar-refractivity contribution is -0.119. The summed E-state index contributed by atoms with van der Waals surface area (Å²) in [5.41, 5.74) is 6.37. The van der Waals surface area contributed by atoms with E-state index in [4.69, 9.17) is 12.2 Å². The van der Waals surface area contributed by atoms with Crippen molar-refractivity contribution in [3.8, 4) is 0 Å². The molecule has 2 unspecified atom stereocenters. The van der Waals surface area contributed by atoms with Crippen molar-refractivity contribution in [3.05, 3.63) is 23.8 Å². The number of hydrazine groups is 1. The quantitative estimate of drug-likeness (QED) is 0.472. The first-order valence-electron chi connectivity index (χ1n) is 5.18. The third-order valence-corrected chi connectivity index (χ3v) is 2.80. The van der Waals surface area contributed by atoms with Gasteiger partial charge in [0.2, 0.25) is 5.91 Å². The largest absolute Gasteiger partial charge is 0.355 e. The maximum atomic E-state index is 10.7. The van der Waals surface area contributed by atoms with E-state index in [1.54, 1.807) is 0 Å². The van der Waals surface area contributed by atoms with Crippen LogP contribution in [0.25, 0.3) is 0 Å². The molecule has 0 aliphatic heterocycles. The average molecular weight is 239 g/mol. The lowest BCUT2D eigenvalue weighted by Gasteiger charge is -2.26. The molecule has 1 aliphatic rings. The molecule has 0 aromatic rings. The molecule has 0 aromatic carbocycles. The zero-order valence-corrected chi connectivity index (χ0v) is 10.5. The summed E-state index contributed by atoms with van der Waals surface area (Å²) >= 11 is 5.05. The van der Waals surface area contributed by atoms with Crippen molar-refractivity contribution in [1.29, 1.82) is 0 Å². The predicted octanol–water partition coefficient (Wildman–Crippen LogP) is 1.02. The van der Waals surface area contributed by atoms with E-state index < -0.39 is 0 Å². The molecular weight excluding hydrogens is 222 g/mol. The fourth-order valence-electron chi connectivity index (χ4n) is 1.43. The van der Waals surface area contributed by atoms with Crippen LogP contribution < -0.4 is 16.2 Å². The summed E-state index contributed by atoms with van der Waals surface area (Å²) in [6.45, 7) is 5.65. The molecule has 0 saturated carbocycles. The number of nitrogens with one attached hydrogen (secondary N) is 3. The number of hydrogen-bond donors (Lipinski definition) is 3. The molecule has 2 atom stereocenters. The second kappa shape index (κ2) is 5.65. The average Bonchev–Trinajstić information content (AvgIpc) is 2.22. The molecule has 0 radical (unpaired) electrons. The molecule has 1 amide bonds. The minimum Gasteiger partial charge on any atom is -0.355 e. The highest BCUT2D eigenvalue weighted by Crippen LogP contribution is 2.19. The van der Waals surface area contributed by atoms with E-state index in [1.807, 2.05) is 6.08 Å². The van der Waals surface area contributed by atoms with Crippen molar-refractivity contribution in [3.63, 3.8) is 0 Å². The van der Waals surface area contributed by atoms with Gasteiger partial charge in [-0.05, 0) is 19.1 Å². The highest BCUT2D eigenvalue weighted by molar-refractivity contribution is 7.80. The Labute approximate surface area is 101 Å². The first-order valence-corrected chi connectivity index (χ1v) is 5.59. The van der Waals surface area contributed by atoms with Gasteiger partial charge in [0.15, 0.2) is 5.11 Å². The summed E-state index contributed by atoms with van der Waals surface area (Å²) in [5, 5.41) is 3.55. The van der Waals surface area contributed by atoms with Gasteiger partial charge in [0, 0.05) is 12.8 Å². The Hall–Kier alpha value is -1.36. The normalized spacial score (nSPS) is 23.3. The monoisotopic (exact) mass is 239 g/mol. The molecule has 0 saturated heterocycles. The second-order valence-corrected chi connectivity index (χ2v) is 4.30. The Morgan fingerprint density at radius 3 is 2.75 bits per heavy atom. The Balaban J connectivity index is 2.43. The Bertz CT molecular complexity index is 349. The number of amides is 1. The van der Waals surface area contributed by atoms with E-state index >= 15 is 0 Å². The summed E-state index contributed by atoms with van der Waals surface area (Å²) < 4.78 is 0. The van der Waals surface area contributed by atoms with Gasteiger partial charge in [-0.2, -0.15) is 0 Å². The van der Waals surface area contributed by atoms with Crippen molar-refractivity contribution < 1.29 is 4.79 Å².